The highest BCUT2D eigenvalue weighted by atomic mass is 32.2. The van der Waals surface area contributed by atoms with Crippen molar-refractivity contribution in [1.82, 2.24) is 25.5 Å². The van der Waals surface area contributed by atoms with E-state index in [9.17, 15) is 9.59 Å². The summed E-state index contributed by atoms with van der Waals surface area (Å²) in [5, 5.41) is 8.85. The van der Waals surface area contributed by atoms with Gasteiger partial charge in [-0.15, -0.1) is 0 Å². The molecule has 0 aliphatic carbocycles. The number of carbonyl (C=O) groups is 2. The minimum absolute atomic E-state index is 0.318. The number of nitrogens with one attached hydrogen (secondary N) is 3. The van der Waals surface area contributed by atoms with E-state index >= 15 is 0 Å². The Morgan fingerprint density at radius 3 is 3.04 bits per heavy atom. The van der Waals surface area contributed by atoms with Gasteiger partial charge in [-0.3, -0.25) is 14.9 Å². The van der Waals surface area contributed by atoms with Gasteiger partial charge in [0, 0.05) is 25.3 Å². The van der Waals surface area contributed by atoms with Crippen molar-refractivity contribution in [3.63, 3.8) is 0 Å². The fourth-order valence-corrected chi connectivity index (χ4v) is 4.71. The Kier molecular flexibility index (Phi) is 6.23. The van der Waals surface area contributed by atoms with Crippen molar-refractivity contribution in [3.8, 4) is 0 Å². The number of likely N-dealkylation sites (tertiary alicyclic amines) is 1. The molecular weight excluding hydrogens is 376 g/mol. The number of aromatic nitrogens is 2. The van der Waals surface area contributed by atoms with Gasteiger partial charge in [-0.25, -0.2) is 9.97 Å². The van der Waals surface area contributed by atoms with Crippen LogP contribution < -0.4 is 16.0 Å². The first kappa shape index (κ1) is 19.4. The molecule has 8 nitrogen and oxygen atoms in total. The molecule has 2 unspecified atom stereocenters. The van der Waals surface area contributed by atoms with E-state index in [-0.39, 0.29) is 11.1 Å². The molecule has 4 heterocycles. The molecule has 3 aliphatic heterocycles. The Morgan fingerprint density at radius 2 is 2.25 bits per heavy atom. The number of thioether (sulfide) groups is 1. The van der Waals surface area contributed by atoms with Crippen molar-refractivity contribution in [3.05, 3.63) is 22.9 Å². The van der Waals surface area contributed by atoms with Gasteiger partial charge in [0.25, 0.3) is 11.1 Å². The summed E-state index contributed by atoms with van der Waals surface area (Å²) in [5.41, 5.74) is 0.616. The highest BCUT2D eigenvalue weighted by molar-refractivity contribution is 8.18. The van der Waals surface area contributed by atoms with E-state index in [4.69, 9.17) is 0 Å². The first-order chi connectivity index (χ1) is 13.7. The van der Waals surface area contributed by atoms with E-state index in [1.54, 1.807) is 18.3 Å². The van der Waals surface area contributed by atoms with Gasteiger partial charge in [-0.2, -0.15) is 0 Å². The molecule has 1 aromatic rings. The molecule has 1 aromatic heterocycles. The largest absolute Gasteiger partial charge is 0.350 e. The lowest BCUT2D eigenvalue weighted by molar-refractivity contribution is -0.115. The Balaban J connectivity index is 1.35. The quantitative estimate of drug-likeness (QED) is 0.640. The third-order valence-corrected chi connectivity index (χ3v) is 6.16. The van der Waals surface area contributed by atoms with E-state index < -0.39 is 0 Å². The maximum atomic E-state index is 11.7. The van der Waals surface area contributed by atoms with Crippen LogP contribution in [0.15, 0.2) is 17.2 Å². The predicted octanol–water partition coefficient (Wildman–Crippen LogP) is 1.68. The molecule has 0 aromatic carbocycles. The van der Waals surface area contributed by atoms with Gasteiger partial charge in [0.05, 0.1) is 10.6 Å². The fraction of sp³-hybridized carbons (Fsp3) is 0.579. The summed E-state index contributed by atoms with van der Waals surface area (Å²) in [4.78, 5) is 34.7. The van der Waals surface area contributed by atoms with Gasteiger partial charge in [-0.1, -0.05) is 0 Å². The molecule has 4 rings (SSSR count). The molecule has 3 N–H and O–H groups in total. The molecule has 0 saturated carbocycles. The SMILES string of the molecule is O=C1NC(=O)C(=Cc2ccnc(NC3CCCN(CC4CCCNC4)C3)n2)S1. The Morgan fingerprint density at radius 1 is 1.32 bits per heavy atom. The lowest BCUT2D eigenvalue weighted by Gasteiger charge is -2.36. The summed E-state index contributed by atoms with van der Waals surface area (Å²) in [6, 6.07) is 2.05. The number of nitrogens with zero attached hydrogens (tertiary/aromatic N) is 3. The van der Waals surface area contributed by atoms with Crippen molar-refractivity contribution in [1.29, 1.82) is 0 Å². The Bertz CT molecular complexity index is 765. The maximum absolute atomic E-state index is 11.7. The molecule has 0 radical (unpaired) electrons. The molecule has 2 atom stereocenters. The zero-order valence-corrected chi connectivity index (χ0v) is 16.6. The number of rotatable bonds is 5. The zero-order valence-electron chi connectivity index (χ0n) is 15.8. The summed E-state index contributed by atoms with van der Waals surface area (Å²) in [5.74, 6) is 0.940. The van der Waals surface area contributed by atoms with Crippen LogP contribution in [0.25, 0.3) is 6.08 Å². The summed E-state index contributed by atoms with van der Waals surface area (Å²) in [6.45, 7) is 5.58. The van der Waals surface area contributed by atoms with Crippen molar-refractivity contribution in [2.45, 2.75) is 31.7 Å². The topological polar surface area (TPSA) is 99.2 Å². The van der Waals surface area contributed by atoms with Crippen LogP contribution in [0.4, 0.5) is 10.7 Å². The van der Waals surface area contributed by atoms with E-state index in [1.165, 1.54) is 19.3 Å². The highest BCUT2D eigenvalue weighted by Gasteiger charge is 2.26. The average Bonchev–Trinajstić information content (AvgIpc) is 3.00. The lowest BCUT2D eigenvalue weighted by Crippen LogP contribution is -2.46. The third kappa shape index (κ3) is 5.09. The van der Waals surface area contributed by atoms with Gasteiger partial charge >= 0.3 is 0 Å². The highest BCUT2D eigenvalue weighted by Crippen LogP contribution is 2.25. The number of piperidine rings is 2. The second-order valence-corrected chi connectivity index (χ2v) is 8.63. The molecule has 0 bridgehead atoms. The maximum Gasteiger partial charge on any atom is 0.290 e. The molecule has 3 saturated heterocycles. The van der Waals surface area contributed by atoms with Crippen molar-refractivity contribution in [2.75, 3.05) is 38.0 Å². The molecule has 0 spiro atoms. The van der Waals surface area contributed by atoms with Crippen LogP contribution >= 0.6 is 11.8 Å². The first-order valence-corrected chi connectivity index (χ1v) is 10.7. The van der Waals surface area contributed by atoms with Gasteiger partial charge < -0.3 is 15.5 Å². The zero-order chi connectivity index (χ0) is 19.3. The van der Waals surface area contributed by atoms with E-state index in [0.29, 0.717) is 22.6 Å². The fourth-order valence-electron chi connectivity index (χ4n) is 4.04. The lowest BCUT2D eigenvalue weighted by atomic mass is 9.97. The molecule has 3 aliphatic rings. The second kappa shape index (κ2) is 9.02. The van der Waals surface area contributed by atoms with E-state index in [2.05, 4.69) is 30.8 Å². The Labute approximate surface area is 168 Å². The van der Waals surface area contributed by atoms with Crippen LogP contribution in [0, 0.1) is 5.92 Å². The number of anilines is 1. The normalized spacial score (nSPS) is 27.8. The van der Waals surface area contributed by atoms with Crippen LogP contribution in [0.2, 0.25) is 0 Å². The molecule has 2 amide bonds. The predicted molar refractivity (Wildman–Crippen MR) is 110 cm³/mol. The minimum atomic E-state index is -0.372. The molecule has 150 valence electrons. The van der Waals surface area contributed by atoms with Crippen LogP contribution in [0.5, 0.6) is 0 Å². The number of imide groups is 1. The molecule has 28 heavy (non-hydrogen) atoms. The Hall–Kier alpha value is -1.97. The second-order valence-electron chi connectivity index (χ2n) is 7.61. The molecular formula is C19H26N6O2S. The molecule has 3 fully saturated rings. The van der Waals surface area contributed by atoms with E-state index in [1.807, 2.05) is 0 Å². The van der Waals surface area contributed by atoms with Gasteiger partial charge in [0.15, 0.2) is 0 Å². The van der Waals surface area contributed by atoms with Crippen molar-refractivity contribution >= 4 is 34.9 Å². The summed E-state index contributed by atoms with van der Waals surface area (Å²) in [7, 11) is 0. The van der Waals surface area contributed by atoms with Gasteiger partial charge in [0.1, 0.15) is 0 Å². The first-order valence-electron chi connectivity index (χ1n) is 9.93. The third-order valence-electron chi connectivity index (χ3n) is 5.35. The summed E-state index contributed by atoms with van der Waals surface area (Å²) < 4.78 is 0. The van der Waals surface area contributed by atoms with Gasteiger partial charge in [0.2, 0.25) is 5.95 Å². The standard InChI is InChI=1S/C19H26N6O2S/c26-17-16(28-19(27)24-17)9-14-5-7-21-18(22-14)23-15-4-2-8-25(12-15)11-13-3-1-6-20-10-13/h5,7,9,13,15,20H,1-4,6,8,10-12H2,(H,21,22,23)(H,24,26,27). The number of hydrogen-bond acceptors (Lipinski definition) is 8. The average molecular weight is 403 g/mol. The number of carbonyl (C=O) groups excluding carboxylic acids is 2. The van der Waals surface area contributed by atoms with Crippen LogP contribution in [-0.4, -0.2) is 64.8 Å². The number of hydrogen-bond donors (Lipinski definition) is 3. The van der Waals surface area contributed by atoms with Crippen LogP contribution in [0.1, 0.15) is 31.4 Å². The summed E-state index contributed by atoms with van der Waals surface area (Å²) >= 11 is 0.896. The van der Waals surface area contributed by atoms with Gasteiger partial charge in [-0.05, 0) is 75.1 Å². The monoisotopic (exact) mass is 402 g/mol. The summed E-state index contributed by atoms with van der Waals surface area (Å²) in [6.07, 6.45) is 8.16. The smallest absolute Gasteiger partial charge is 0.290 e. The minimum Gasteiger partial charge on any atom is -0.350 e. The van der Waals surface area contributed by atoms with E-state index in [0.717, 1.165) is 56.8 Å². The molecule has 9 heteroatoms. The number of amides is 2. The van der Waals surface area contributed by atoms with Crippen molar-refractivity contribution < 1.29 is 9.59 Å². The van der Waals surface area contributed by atoms with Crippen LogP contribution in [0.3, 0.4) is 0 Å². The van der Waals surface area contributed by atoms with Crippen molar-refractivity contribution in [2.24, 2.45) is 5.92 Å². The van der Waals surface area contributed by atoms with Crippen LogP contribution in [-0.2, 0) is 4.79 Å².